The summed E-state index contributed by atoms with van der Waals surface area (Å²) in [5, 5.41) is 20.1. The molecule has 1 aromatic heterocycles. The molecule has 0 bridgehead atoms. The number of carbonyl (C=O) groups excluding carboxylic acids is 1. The lowest BCUT2D eigenvalue weighted by Gasteiger charge is -2.10. The summed E-state index contributed by atoms with van der Waals surface area (Å²) < 4.78 is 1.44. The van der Waals surface area contributed by atoms with Gasteiger partial charge in [0.1, 0.15) is 0 Å². The van der Waals surface area contributed by atoms with Gasteiger partial charge in [-0.15, -0.1) is 5.10 Å². The molecule has 23 heavy (non-hydrogen) atoms. The molecule has 2 atom stereocenters. The molecular weight excluding hydrogens is 320 g/mol. The third-order valence-electron chi connectivity index (χ3n) is 3.94. The van der Waals surface area contributed by atoms with Crippen LogP contribution in [0.15, 0.2) is 30.5 Å². The van der Waals surface area contributed by atoms with Crippen LogP contribution >= 0.6 is 11.6 Å². The van der Waals surface area contributed by atoms with E-state index in [-0.39, 0.29) is 23.6 Å². The van der Waals surface area contributed by atoms with Crippen molar-refractivity contribution in [1.82, 2.24) is 20.3 Å². The molecule has 0 unspecified atom stereocenters. The van der Waals surface area contributed by atoms with Crippen LogP contribution in [0.1, 0.15) is 29.8 Å². The summed E-state index contributed by atoms with van der Waals surface area (Å²) in [7, 11) is 0. The standard InChI is InChI=1S/C15H15ClN4O3/c16-11-3-1-2-4-13(11)20-8-12(18-19-20)14(21)17-10-6-5-9(7-10)15(22)23/h1-4,8-10H,5-7H2,(H,17,21)(H,22,23)/t9-,10+/m1/s1. The number of nitrogens with zero attached hydrogens (tertiary/aromatic N) is 3. The van der Waals surface area contributed by atoms with Gasteiger partial charge in [0.2, 0.25) is 0 Å². The molecule has 1 heterocycles. The Kier molecular flexibility index (Phi) is 4.29. The van der Waals surface area contributed by atoms with E-state index < -0.39 is 5.97 Å². The van der Waals surface area contributed by atoms with Crippen molar-refractivity contribution in [2.45, 2.75) is 25.3 Å². The number of hydrogen-bond donors (Lipinski definition) is 2. The van der Waals surface area contributed by atoms with Crippen LogP contribution in [0.5, 0.6) is 0 Å². The molecule has 0 aliphatic heterocycles. The second kappa shape index (κ2) is 6.37. The first-order valence-electron chi connectivity index (χ1n) is 7.25. The van der Waals surface area contributed by atoms with Crippen LogP contribution in [0.2, 0.25) is 5.02 Å². The van der Waals surface area contributed by atoms with Crippen molar-refractivity contribution in [2.75, 3.05) is 0 Å². The topological polar surface area (TPSA) is 97.1 Å². The van der Waals surface area contributed by atoms with Crippen LogP contribution in [0.25, 0.3) is 5.69 Å². The molecule has 0 saturated heterocycles. The van der Waals surface area contributed by atoms with Crippen LogP contribution in [0.3, 0.4) is 0 Å². The summed E-state index contributed by atoms with van der Waals surface area (Å²) in [6.07, 6.45) is 3.17. The summed E-state index contributed by atoms with van der Waals surface area (Å²) in [4.78, 5) is 23.1. The molecule has 3 rings (SSSR count). The molecule has 2 N–H and O–H groups in total. The first kappa shape index (κ1) is 15.5. The van der Waals surface area contributed by atoms with Gasteiger partial charge in [-0.2, -0.15) is 0 Å². The first-order valence-corrected chi connectivity index (χ1v) is 7.63. The summed E-state index contributed by atoms with van der Waals surface area (Å²) in [6.45, 7) is 0. The van der Waals surface area contributed by atoms with E-state index in [0.717, 1.165) is 0 Å². The maximum atomic E-state index is 12.2. The van der Waals surface area contributed by atoms with Gasteiger partial charge in [0.25, 0.3) is 5.91 Å². The third kappa shape index (κ3) is 3.34. The number of benzene rings is 1. The molecule has 0 radical (unpaired) electrons. The summed E-state index contributed by atoms with van der Waals surface area (Å²) >= 11 is 6.09. The minimum atomic E-state index is -0.814. The van der Waals surface area contributed by atoms with E-state index in [1.165, 1.54) is 10.9 Å². The molecule has 1 saturated carbocycles. The van der Waals surface area contributed by atoms with Gasteiger partial charge in [0.15, 0.2) is 5.69 Å². The molecule has 1 aromatic carbocycles. The molecule has 1 aliphatic rings. The van der Waals surface area contributed by atoms with E-state index in [0.29, 0.717) is 30.0 Å². The van der Waals surface area contributed by atoms with Crippen molar-refractivity contribution < 1.29 is 14.7 Å². The highest BCUT2D eigenvalue weighted by Gasteiger charge is 2.31. The Morgan fingerprint density at radius 1 is 1.30 bits per heavy atom. The number of aromatic nitrogens is 3. The van der Waals surface area contributed by atoms with Gasteiger partial charge < -0.3 is 10.4 Å². The van der Waals surface area contributed by atoms with Gasteiger partial charge in [-0.1, -0.05) is 28.9 Å². The number of hydrogen-bond acceptors (Lipinski definition) is 4. The molecule has 1 aliphatic carbocycles. The molecule has 120 valence electrons. The SMILES string of the molecule is O=C(N[C@H]1CC[C@@H](C(=O)O)C1)c1cn(-c2ccccc2Cl)nn1. The summed E-state index contributed by atoms with van der Waals surface area (Å²) in [5.74, 6) is -1.56. The van der Waals surface area contributed by atoms with Crippen LogP contribution in [-0.4, -0.2) is 38.0 Å². The number of carboxylic acid groups (broad SMARTS) is 1. The fourth-order valence-electron chi connectivity index (χ4n) is 2.72. The zero-order valence-corrected chi connectivity index (χ0v) is 12.9. The lowest BCUT2D eigenvalue weighted by atomic mass is 10.1. The number of nitrogens with one attached hydrogen (secondary N) is 1. The quantitative estimate of drug-likeness (QED) is 0.890. The van der Waals surface area contributed by atoms with Crippen molar-refractivity contribution in [3.8, 4) is 5.69 Å². The number of amides is 1. The van der Waals surface area contributed by atoms with Crippen molar-refractivity contribution in [1.29, 1.82) is 0 Å². The molecule has 0 spiro atoms. The van der Waals surface area contributed by atoms with E-state index in [1.807, 2.05) is 6.07 Å². The average Bonchev–Trinajstić information content (AvgIpc) is 3.16. The first-order chi connectivity index (χ1) is 11.0. The zero-order valence-electron chi connectivity index (χ0n) is 12.1. The monoisotopic (exact) mass is 334 g/mol. The lowest BCUT2D eigenvalue weighted by molar-refractivity contribution is -0.141. The second-order valence-corrected chi connectivity index (χ2v) is 5.93. The number of halogens is 1. The van der Waals surface area contributed by atoms with Gasteiger partial charge in [-0.05, 0) is 31.4 Å². The molecular formula is C15H15ClN4O3. The van der Waals surface area contributed by atoms with E-state index >= 15 is 0 Å². The van der Waals surface area contributed by atoms with Crippen molar-refractivity contribution in [2.24, 2.45) is 5.92 Å². The van der Waals surface area contributed by atoms with Crippen LogP contribution < -0.4 is 5.32 Å². The molecule has 8 heteroatoms. The number of para-hydroxylation sites is 1. The van der Waals surface area contributed by atoms with Crippen LogP contribution in [0.4, 0.5) is 0 Å². The van der Waals surface area contributed by atoms with E-state index in [4.69, 9.17) is 16.7 Å². The fraction of sp³-hybridized carbons (Fsp3) is 0.333. The number of rotatable bonds is 4. The lowest BCUT2D eigenvalue weighted by Crippen LogP contribution is -2.33. The predicted molar refractivity (Wildman–Crippen MR) is 82.6 cm³/mol. The molecule has 2 aromatic rings. The van der Waals surface area contributed by atoms with Gasteiger partial charge in [-0.3, -0.25) is 9.59 Å². The Bertz CT molecular complexity index is 746. The minimum Gasteiger partial charge on any atom is -0.481 e. The predicted octanol–water partition coefficient (Wildman–Crippen LogP) is 1.90. The Hall–Kier alpha value is -2.41. The largest absolute Gasteiger partial charge is 0.481 e. The highest BCUT2D eigenvalue weighted by molar-refractivity contribution is 6.32. The van der Waals surface area contributed by atoms with Crippen LogP contribution in [0, 0.1) is 5.92 Å². The average molecular weight is 335 g/mol. The Morgan fingerprint density at radius 3 is 2.78 bits per heavy atom. The highest BCUT2D eigenvalue weighted by Crippen LogP contribution is 2.26. The van der Waals surface area contributed by atoms with Gasteiger partial charge >= 0.3 is 5.97 Å². The van der Waals surface area contributed by atoms with Gasteiger partial charge in [0, 0.05) is 6.04 Å². The Morgan fingerprint density at radius 2 is 2.09 bits per heavy atom. The zero-order chi connectivity index (χ0) is 16.4. The van der Waals surface area contributed by atoms with Crippen LogP contribution in [-0.2, 0) is 4.79 Å². The molecule has 1 fully saturated rings. The van der Waals surface area contributed by atoms with E-state index in [9.17, 15) is 9.59 Å². The number of carboxylic acids is 1. The third-order valence-corrected chi connectivity index (χ3v) is 4.26. The highest BCUT2D eigenvalue weighted by atomic mass is 35.5. The fourth-order valence-corrected chi connectivity index (χ4v) is 2.94. The molecule has 1 amide bonds. The van der Waals surface area contributed by atoms with Crippen molar-refractivity contribution in [3.63, 3.8) is 0 Å². The van der Waals surface area contributed by atoms with E-state index in [1.54, 1.807) is 18.2 Å². The minimum absolute atomic E-state index is 0.144. The van der Waals surface area contributed by atoms with Gasteiger partial charge in [-0.25, -0.2) is 4.68 Å². The summed E-state index contributed by atoms with van der Waals surface area (Å²) in [6, 6.07) is 6.97. The molecule has 7 nitrogen and oxygen atoms in total. The second-order valence-electron chi connectivity index (χ2n) is 5.52. The Balaban J connectivity index is 1.68. The normalized spacial score (nSPS) is 20.4. The van der Waals surface area contributed by atoms with E-state index in [2.05, 4.69) is 15.6 Å². The maximum Gasteiger partial charge on any atom is 0.306 e. The van der Waals surface area contributed by atoms with Crippen molar-refractivity contribution in [3.05, 3.63) is 41.2 Å². The van der Waals surface area contributed by atoms with Gasteiger partial charge in [0.05, 0.1) is 22.8 Å². The number of carbonyl (C=O) groups is 2. The maximum absolute atomic E-state index is 12.2. The smallest absolute Gasteiger partial charge is 0.306 e. The van der Waals surface area contributed by atoms with Crippen molar-refractivity contribution >= 4 is 23.5 Å². The Labute approximate surface area is 137 Å². The number of aliphatic carboxylic acids is 1. The summed E-state index contributed by atoms with van der Waals surface area (Å²) in [5.41, 5.74) is 0.802.